The number of hydrogen-bond acceptors (Lipinski definition) is 3. The summed E-state index contributed by atoms with van der Waals surface area (Å²) in [7, 11) is 0. The Kier molecular flexibility index (Phi) is 6.33. The van der Waals surface area contributed by atoms with E-state index in [1.54, 1.807) is 69.9 Å². The minimum atomic E-state index is -1.04. The maximum Gasteiger partial charge on any atom is 0.259 e. The van der Waals surface area contributed by atoms with Gasteiger partial charge in [0.15, 0.2) is 10.8 Å². The van der Waals surface area contributed by atoms with Gasteiger partial charge in [-0.25, -0.2) is 9.24 Å². The Hall–Kier alpha value is -3.31. The fraction of sp³-hybridized carbons (Fsp3) is 0.333. The van der Waals surface area contributed by atoms with Crippen LogP contribution in [0.2, 0.25) is 0 Å². The third-order valence-electron chi connectivity index (χ3n) is 5.50. The van der Waals surface area contributed by atoms with Crippen molar-refractivity contribution >= 4 is 46.2 Å². The number of benzene rings is 2. The molecule has 166 valence electrons. The highest BCUT2D eigenvalue weighted by Crippen LogP contribution is 2.38. The van der Waals surface area contributed by atoms with Crippen molar-refractivity contribution in [2.75, 3.05) is 9.80 Å². The van der Waals surface area contributed by atoms with Gasteiger partial charge in [0.2, 0.25) is 5.91 Å². The lowest BCUT2D eigenvalue weighted by atomic mass is 10.0. The highest BCUT2D eigenvalue weighted by Gasteiger charge is 2.50. The second-order valence-corrected chi connectivity index (χ2v) is 8.91. The van der Waals surface area contributed by atoms with Crippen molar-refractivity contribution in [3.63, 3.8) is 0 Å². The Labute approximate surface area is 192 Å². The standard InChI is InChI=1S/C24H25FN4O2S/c1-14(2)21(30)27-13-16-7-8-18(12-19(16)25)29-23(32)28(22(31)24(29,4)5)17-9-10-20(26-6)15(3)11-17/h7-12,14H,13H2,1-5H3,(H,27,30). The maximum atomic E-state index is 14.8. The first-order valence-corrected chi connectivity index (χ1v) is 10.6. The van der Waals surface area contributed by atoms with E-state index in [0.717, 1.165) is 5.56 Å². The molecule has 0 aromatic heterocycles. The smallest absolute Gasteiger partial charge is 0.259 e. The maximum absolute atomic E-state index is 14.8. The minimum Gasteiger partial charge on any atom is -0.352 e. The van der Waals surface area contributed by atoms with E-state index in [4.69, 9.17) is 18.8 Å². The monoisotopic (exact) mass is 452 g/mol. The number of nitrogens with zero attached hydrogens (tertiary/aromatic N) is 3. The quantitative estimate of drug-likeness (QED) is 0.519. The zero-order chi connectivity index (χ0) is 23.8. The molecule has 3 rings (SSSR count). The molecule has 0 aliphatic carbocycles. The third kappa shape index (κ3) is 4.08. The fourth-order valence-electron chi connectivity index (χ4n) is 3.57. The molecule has 2 amide bonds. The largest absolute Gasteiger partial charge is 0.352 e. The zero-order valence-corrected chi connectivity index (χ0v) is 19.5. The number of nitrogens with one attached hydrogen (secondary N) is 1. The van der Waals surface area contributed by atoms with Crippen molar-refractivity contribution in [2.24, 2.45) is 5.92 Å². The fourth-order valence-corrected chi connectivity index (χ4v) is 4.09. The van der Waals surface area contributed by atoms with E-state index in [0.29, 0.717) is 22.6 Å². The molecule has 1 heterocycles. The number of halogens is 1. The number of rotatable bonds is 5. The molecule has 0 saturated carbocycles. The number of thiocarbonyl (C=S) groups is 1. The first-order valence-electron chi connectivity index (χ1n) is 10.2. The molecule has 1 saturated heterocycles. The third-order valence-corrected chi connectivity index (χ3v) is 5.86. The molecular formula is C24H25FN4O2S. The van der Waals surface area contributed by atoms with Crippen molar-refractivity contribution in [3.05, 3.63) is 64.8 Å². The number of hydrogen-bond donors (Lipinski definition) is 1. The Morgan fingerprint density at radius 2 is 1.88 bits per heavy atom. The summed E-state index contributed by atoms with van der Waals surface area (Å²) in [6, 6.07) is 9.70. The number of aryl methyl sites for hydroxylation is 1. The Bertz CT molecular complexity index is 1150. The van der Waals surface area contributed by atoms with E-state index in [9.17, 15) is 14.0 Å². The number of carbonyl (C=O) groups is 2. The molecular weight excluding hydrogens is 427 g/mol. The van der Waals surface area contributed by atoms with Crippen molar-refractivity contribution in [3.8, 4) is 0 Å². The lowest BCUT2D eigenvalue weighted by Crippen LogP contribution is -2.44. The molecule has 1 aliphatic rings. The van der Waals surface area contributed by atoms with Crippen LogP contribution in [0.25, 0.3) is 4.85 Å². The predicted octanol–water partition coefficient (Wildman–Crippen LogP) is 4.87. The van der Waals surface area contributed by atoms with E-state index in [1.807, 2.05) is 0 Å². The van der Waals surface area contributed by atoms with Crippen molar-refractivity contribution in [2.45, 2.75) is 46.7 Å². The number of amides is 2. The summed E-state index contributed by atoms with van der Waals surface area (Å²) in [6.07, 6.45) is 0. The van der Waals surface area contributed by atoms with Crippen molar-refractivity contribution in [1.82, 2.24) is 5.32 Å². The number of carbonyl (C=O) groups excluding carboxylic acids is 2. The molecule has 0 bridgehead atoms. The molecule has 1 fully saturated rings. The summed E-state index contributed by atoms with van der Waals surface area (Å²) in [5, 5.41) is 2.93. The lowest BCUT2D eigenvalue weighted by molar-refractivity contribution is -0.124. The summed E-state index contributed by atoms with van der Waals surface area (Å²) in [5.41, 5.74) is 1.56. The first kappa shape index (κ1) is 23.4. The molecule has 8 heteroatoms. The second kappa shape index (κ2) is 8.67. The predicted molar refractivity (Wildman–Crippen MR) is 127 cm³/mol. The Morgan fingerprint density at radius 1 is 1.22 bits per heavy atom. The van der Waals surface area contributed by atoms with E-state index in [-0.39, 0.29) is 29.4 Å². The van der Waals surface area contributed by atoms with Gasteiger partial charge in [-0.3, -0.25) is 14.5 Å². The Balaban J connectivity index is 1.93. The number of anilines is 2. The van der Waals surface area contributed by atoms with E-state index in [1.165, 1.54) is 11.0 Å². The summed E-state index contributed by atoms with van der Waals surface area (Å²) >= 11 is 5.64. The highest BCUT2D eigenvalue weighted by molar-refractivity contribution is 7.81. The summed E-state index contributed by atoms with van der Waals surface area (Å²) < 4.78 is 14.8. The molecule has 1 aliphatic heterocycles. The van der Waals surface area contributed by atoms with Gasteiger partial charge in [-0.15, -0.1) is 0 Å². The average molecular weight is 453 g/mol. The van der Waals surface area contributed by atoms with Crippen LogP contribution in [0, 0.1) is 25.2 Å². The van der Waals surface area contributed by atoms with E-state index < -0.39 is 11.4 Å². The second-order valence-electron chi connectivity index (χ2n) is 8.55. The molecule has 1 N–H and O–H groups in total. The van der Waals surface area contributed by atoms with Crippen LogP contribution in [0.4, 0.5) is 21.5 Å². The van der Waals surface area contributed by atoms with Crippen LogP contribution in [-0.2, 0) is 16.1 Å². The highest BCUT2D eigenvalue weighted by atomic mass is 32.1. The van der Waals surface area contributed by atoms with Crippen LogP contribution in [0.5, 0.6) is 0 Å². The van der Waals surface area contributed by atoms with Crippen molar-refractivity contribution in [1.29, 1.82) is 0 Å². The van der Waals surface area contributed by atoms with Crippen LogP contribution < -0.4 is 15.1 Å². The van der Waals surface area contributed by atoms with Gasteiger partial charge in [0, 0.05) is 29.4 Å². The van der Waals surface area contributed by atoms with E-state index >= 15 is 0 Å². The molecule has 2 aromatic rings. The Morgan fingerprint density at radius 3 is 2.44 bits per heavy atom. The molecule has 2 aromatic carbocycles. The molecule has 0 radical (unpaired) electrons. The van der Waals surface area contributed by atoms with Crippen LogP contribution in [0.15, 0.2) is 36.4 Å². The van der Waals surface area contributed by atoms with Gasteiger partial charge in [0.1, 0.15) is 11.4 Å². The summed E-state index contributed by atoms with van der Waals surface area (Å²) in [4.78, 5) is 31.6. The topological polar surface area (TPSA) is 57.0 Å². The molecule has 32 heavy (non-hydrogen) atoms. The van der Waals surface area contributed by atoms with Gasteiger partial charge in [0.05, 0.1) is 6.57 Å². The molecule has 6 nitrogen and oxygen atoms in total. The SMILES string of the molecule is [C-]#[N+]c1ccc(N2C(=O)C(C)(C)N(c3ccc(CNC(=O)C(C)C)c(F)c3)C2=S)cc1C. The minimum absolute atomic E-state index is 0.0781. The molecule has 0 spiro atoms. The van der Waals surface area contributed by atoms with Crippen molar-refractivity contribution < 1.29 is 14.0 Å². The molecule has 0 atom stereocenters. The summed E-state index contributed by atoms with van der Waals surface area (Å²) in [6.45, 7) is 16.1. The normalized spacial score (nSPS) is 15.3. The van der Waals surface area contributed by atoms with Gasteiger partial charge in [-0.05, 0) is 62.8 Å². The van der Waals surface area contributed by atoms with Gasteiger partial charge < -0.3 is 10.2 Å². The van der Waals surface area contributed by atoms with Gasteiger partial charge in [-0.2, -0.15) is 0 Å². The van der Waals surface area contributed by atoms with Crippen LogP contribution in [-0.4, -0.2) is 22.5 Å². The van der Waals surface area contributed by atoms with Gasteiger partial charge >= 0.3 is 0 Å². The van der Waals surface area contributed by atoms with E-state index in [2.05, 4.69) is 10.2 Å². The van der Waals surface area contributed by atoms with Gasteiger partial charge in [0.25, 0.3) is 5.91 Å². The summed E-state index contributed by atoms with van der Waals surface area (Å²) in [5.74, 6) is -1.08. The zero-order valence-electron chi connectivity index (χ0n) is 18.7. The van der Waals surface area contributed by atoms with Gasteiger partial charge in [-0.1, -0.05) is 26.0 Å². The van der Waals surface area contributed by atoms with Crippen LogP contribution >= 0.6 is 12.2 Å². The average Bonchev–Trinajstić information content (AvgIpc) is 2.90. The lowest BCUT2D eigenvalue weighted by Gasteiger charge is -2.29. The molecule has 0 unspecified atom stereocenters. The van der Waals surface area contributed by atoms with Crippen LogP contribution in [0.1, 0.15) is 38.8 Å². The first-order chi connectivity index (χ1) is 15.0. The van der Waals surface area contributed by atoms with Crippen LogP contribution in [0.3, 0.4) is 0 Å².